The molecule has 0 unspecified atom stereocenters. The third-order valence-electron chi connectivity index (χ3n) is 3.55. The van der Waals surface area contributed by atoms with E-state index in [4.69, 9.17) is 0 Å². The van der Waals surface area contributed by atoms with E-state index < -0.39 is 22.5 Å². The predicted octanol–water partition coefficient (Wildman–Crippen LogP) is 3.33. The maximum atomic E-state index is 12.5. The van der Waals surface area contributed by atoms with Crippen LogP contribution >= 0.6 is 11.8 Å². The molecule has 7 heteroatoms. The highest BCUT2D eigenvalue weighted by Gasteiger charge is 2.41. The highest BCUT2D eigenvalue weighted by Crippen LogP contribution is 2.33. The van der Waals surface area contributed by atoms with Gasteiger partial charge in [-0.05, 0) is 43.0 Å². The summed E-state index contributed by atoms with van der Waals surface area (Å²) in [6.45, 7) is 1.78. The number of aryl methyl sites for hydroxylation is 1. The van der Waals surface area contributed by atoms with Gasteiger partial charge < -0.3 is 10.4 Å². The summed E-state index contributed by atoms with van der Waals surface area (Å²) in [5, 5.41) is 10.9. The Hall–Kier alpha value is -2.80. The molecule has 1 aliphatic rings. The zero-order valence-corrected chi connectivity index (χ0v) is 13.5. The van der Waals surface area contributed by atoms with Gasteiger partial charge in [-0.3, -0.25) is 9.59 Å². The molecule has 2 amide bonds. The van der Waals surface area contributed by atoms with E-state index in [1.165, 1.54) is 6.07 Å². The van der Waals surface area contributed by atoms with Crippen molar-refractivity contribution in [2.45, 2.75) is 12.3 Å². The van der Waals surface area contributed by atoms with E-state index in [9.17, 15) is 19.5 Å². The Morgan fingerprint density at radius 1 is 1.17 bits per heavy atom. The van der Waals surface area contributed by atoms with Crippen molar-refractivity contribution in [1.82, 2.24) is 0 Å². The number of aromatic carboxylic acids is 1. The number of imide groups is 1. The van der Waals surface area contributed by atoms with Crippen LogP contribution in [0.4, 0.5) is 16.2 Å². The van der Waals surface area contributed by atoms with Crippen molar-refractivity contribution in [2.75, 3.05) is 10.2 Å². The van der Waals surface area contributed by atoms with Crippen LogP contribution in [0.1, 0.15) is 15.9 Å². The molecule has 122 valence electrons. The van der Waals surface area contributed by atoms with Gasteiger partial charge in [0.25, 0.3) is 11.1 Å². The summed E-state index contributed by atoms with van der Waals surface area (Å²) in [6, 6.07) is 13.5. The monoisotopic (exact) mass is 342 g/mol. The van der Waals surface area contributed by atoms with Crippen LogP contribution < -0.4 is 10.2 Å². The number of carbonyl (C=O) groups is 3. The maximum absolute atomic E-state index is 12.5. The van der Waals surface area contributed by atoms with Gasteiger partial charge in [-0.25, -0.2) is 9.69 Å². The summed E-state index contributed by atoms with van der Waals surface area (Å²) >= 11 is 0.829. The van der Waals surface area contributed by atoms with Gasteiger partial charge in [0.15, 0.2) is 5.37 Å². The number of para-hydroxylation sites is 1. The molecule has 0 aliphatic carbocycles. The Morgan fingerprint density at radius 3 is 2.54 bits per heavy atom. The molecule has 0 saturated carbocycles. The molecule has 2 aromatic carbocycles. The first kappa shape index (κ1) is 16.1. The minimum Gasteiger partial charge on any atom is -0.478 e. The number of amides is 2. The lowest BCUT2D eigenvalue weighted by Gasteiger charge is -2.16. The van der Waals surface area contributed by atoms with Gasteiger partial charge in [-0.2, -0.15) is 0 Å². The predicted molar refractivity (Wildman–Crippen MR) is 92.5 cm³/mol. The van der Waals surface area contributed by atoms with Crippen LogP contribution in [-0.4, -0.2) is 27.6 Å². The second-order valence-electron chi connectivity index (χ2n) is 5.27. The number of carboxylic acid groups (broad SMARTS) is 1. The molecule has 2 aromatic rings. The molecule has 0 aromatic heterocycles. The molecule has 1 atom stereocenters. The van der Waals surface area contributed by atoms with Crippen LogP contribution in [0.2, 0.25) is 0 Å². The zero-order chi connectivity index (χ0) is 17.3. The molecule has 6 nitrogen and oxygen atoms in total. The number of anilines is 2. The average Bonchev–Trinajstić information content (AvgIpc) is 2.83. The molecule has 2 N–H and O–H groups in total. The summed E-state index contributed by atoms with van der Waals surface area (Å²) in [4.78, 5) is 37.2. The first-order valence-corrected chi connectivity index (χ1v) is 8.05. The van der Waals surface area contributed by atoms with Gasteiger partial charge in [0.2, 0.25) is 0 Å². The number of thioether (sulfide) groups is 1. The Morgan fingerprint density at radius 2 is 1.88 bits per heavy atom. The number of carboxylic acids is 1. The number of benzene rings is 2. The summed E-state index contributed by atoms with van der Waals surface area (Å²) in [6.07, 6.45) is 0. The summed E-state index contributed by atoms with van der Waals surface area (Å²) in [7, 11) is 0. The number of carbonyl (C=O) groups excluding carboxylic acids is 2. The molecule has 1 saturated heterocycles. The van der Waals surface area contributed by atoms with Crippen molar-refractivity contribution in [3.8, 4) is 0 Å². The molecular weight excluding hydrogens is 328 g/mol. The molecule has 0 radical (unpaired) electrons. The second kappa shape index (κ2) is 6.37. The molecule has 0 spiro atoms. The molecular formula is C17H14N2O4S. The number of hydrogen-bond donors (Lipinski definition) is 2. The number of hydrogen-bond acceptors (Lipinski definition) is 5. The highest BCUT2D eigenvalue weighted by atomic mass is 32.2. The van der Waals surface area contributed by atoms with Gasteiger partial charge in [-0.1, -0.05) is 29.8 Å². The van der Waals surface area contributed by atoms with Crippen LogP contribution in [0.15, 0.2) is 48.5 Å². The average molecular weight is 342 g/mol. The number of nitrogens with one attached hydrogen (secondary N) is 1. The van der Waals surface area contributed by atoms with E-state index in [1.807, 2.05) is 0 Å². The number of rotatable bonds is 4. The topological polar surface area (TPSA) is 86.7 Å². The van der Waals surface area contributed by atoms with E-state index in [-0.39, 0.29) is 5.56 Å². The van der Waals surface area contributed by atoms with Gasteiger partial charge >= 0.3 is 5.97 Å². The van der Waals surface area contributed by atoms with Gasteiger partial charge in [0.1, 0.15) is 0 Å². The molecule has 24 heavy (non-hydrogen) atoms. The first-order valence-electron chi connectivity index (χ1n) is 7.17. The fourth-order valence-corrected chi connectivity index (χ4v) is 3.31. The SMILES string of the molecule is Cc1ccc(N[C@H]2SC(=O)N(c3ccccc3)C2=O)c(C(=O)O)c1. The molecule has 1 aliphatic heterocycles. The Labute approximate surface area is 142 Å². The van der Waals surface area contributed by atoms with Crippen molar-refractivity contribution in [1.29, 1.82) is 0 Å². The lowest BCUT2D eigenvalue weighted by molar-refractivity contribution is -0.116. The van der Waals surface area contributed by atoms with E-state index >= 15 is 0 Å². The van der Waals surface area contributed by atoms with Crippen LogP contribution in [-0.2, 0) is 4.79 Å². The molecule has 1 heterocycles. The quantitative estimate of drug-likeness (QED) is 0.886. The highest BCUT2D eigenvalue weighted by molar-refractivity contribution is 8.16. The fourth-order valence-electron chi connectivity index (χ4n) is 2.41. The largest absolute Gasteiger partial charge is 0.478 e. The fraction of sp³-hybridized carbons (Fsp3) is 0.118. The third kappa shape index (κ3) is 2.98. The van der Waals surface area contributed by atoms with Gasteiger partial charge in [-0.15, -0.1) is 0 Å². The minimum atomic E-state index is -1.09. The second-order valence-corrected chi connectivity index (χ2v) is 6.33. The molecule has 0 bridgehead atoms. The Balaban J connectivity index is 1.87. The molecule has 3 rings (SSSR count). The van der Waals surface area contributed by atoms with E-state index in [0.717, 1.165) is 22.2 Å². The zero-order valence-electron chi connectivity index (χ0n) is 12.7. The van der Waals surface area contributed by atoms with Crippen LogP contribution in [0, 0.1) is 6.92 Å². The van der Waals surface area contributed by atoms with Crippen molar-refractivity contribution in [3.05, 3.63) is 59.7 Å². The third-order valence-corrected chi connectivity index (χ3v) is 4.49. The van der Waals surface area contributed by atoms with Crippen molar-refractivity contribution >= 4 is 40.3 Å². The normalized spacial score (nSPS) is 17.2. The van der Waals surface area contributed by atoms with E-state index in [0.29, 0.717) is 11.4 Å². The Bertz CT molecular complexity index is 823. The van der Waals surface area contributed by atoms with Crippen LogP contribution in [0.25, 0.3) is 0 Å². The smallest absolute Gasteiger partial charge is 0.337 e. The van der Waals surface area contributed by atoms with E-state index in [2.05, 4.69) is 5.32 Å². The first-order chi connectivity index (χ1) is 11.5. The summed E-state index contributed by atoms with van der Waals surface area (Å²) in [5.74, 6) is -1.52. The van der Waals surface area contributed by atoms with Crippen molar-refractivity contribution in [2.24, 2.45) is 0 Å². The molecule has 1 fully saturated rings. The lowest BCUT2D eigenvalue weighted by atomic mass is 10.1. The standard InChI is InChI=1S/C17H14N2O4S/c1-10-7-8-13(12(9-10)16(21)22)18-14-15(20)19(17(23)24-14)11-5-3-2-4-6-11/h2-9,14,18H,1H3,(H,21,22)/t14-/m0/s1. The maximum Gasteiger partial charge on any atom is 0.337 e. The van der Waals surface area contributed by atoms with Gasteiger partial charge in [0.05, 0.1) is 11.3 Å². The van der Waals surface area contributed by atoms with Crippen LogP contribution in [0.5, 0.6) is 0 Å². The minimum absolute atomic E-state index is 0.0639. The lowest BCUT2D eigenvalue weighted by Crippen LogP contribution is -2.34. The van der Waals surface area contributed by atoms with Gasteiger partial charge in [0, 0.05) is 5.69 Å². The van der Waals surface area contributed by atoms with Crippen molar-refractivity contribution < 1.29 is 19.5 Å². The van der Waals surface area contributed by atoms with Crippen LogP contribution in [0.3, 0.4) is 0 Å². The number of nitrogens with zero attached hydrogens (tertiary/aromatic N) is 1. The van der Waals surface area contributed by atoms with E-state index in [1.54, 1.807) is 49.4 Å². The Kier molecular flexibility index (Phi) is 4.26. The summed E-state index contributed by atoms with van der Waals surface area (Å²) in [5.41, 5.74) is 1.66. The van der Waals surface area contributed by atoms with Crippen molar-refractivity contribution in [3.63, 3.8) is 0 Å². The summed E-state index contributed by atoms with van der Waals surface area (Å²) < 4.78 is 0.